The van der Waals surface area contributed by atoms with E-state index in [4.69, 9.17) is 0 Å². The van der Waals surface area contributed by atoms with Crippen LogP contribution in [0.25, 0.3) is 0 Å². The number of amides is 2. The standard InChI is InChI=1S/C16H22N2O2S/c1-2-15(19)18-9-6-13-12(11-18)10-14(21-13)16(20)17-7-4-3-5-8-17/h10H,2-9,11H2,1H3. The Morgan fingerprint density at radius 2 is 1.90 bits per heavy atom. The summed E-state index contributed by atoms with van der Waals surface area (Å²) in [4.78, 5) is 30.4. The molecule has 0 unspecified atom stereocenters. The Morgan fingerprint density at radius 3 is 2.62 bits per heavy atom. The second-order valence-corrected chi connectivity index (χ2v) is 6.97. The molecule has 0 bridgehead atoms. The topological polar surface area (TPSA) is 40.6 Å². The van der Waals surface area contributed by atoms with Gasteiger partial charge >= 0.3 is 0 Å². The molecule has 3 heterocycles. The Balaban J connectivity index is 1.74. The van der Waals surface area contributed by atoms with E-state index in [1.54, 1.807) is 11.3 Å². The minimum absolute atomic E-state index is 0.183. The minimum atomic E-state index is 0.183. The number of carbonyl (C=O) groups is 2. The van der Waals surface area contributed by atoms with Gasteiger partial charge in [0.1, 0.15) is 0 Å². The van der Waals surface area contributed by atoms with Crippen molar-refractivity contribution < 1.29 is 9.59 Å². The first kappa shape index (κ1) is 14.6. The van der Waals surface area contributed by atoms with Crippen LogP contribution in [0, 0.1) is 0 Å². The average molecular weight is 306 g/mol. The van der Waals surface area contributed by atoms with Crippen molar-refractivity contribution in [2.24, 2.45) is 0 Å². The van der Waals surface area contributed by atoms with Gasteiger partial charge in [0.15, 0.2) is 0 Å². The van der Waals surface area contributed by atoms with Crippen molar-refractivity contribution in [1.29, 1.82) is 0 Å². The average Bonchev–Trinajstić information content (AvgIpc) is 2.97. The Labute approximate surface area is 129 Å². The highest BCUT2D eigenvalue weighted by molar-refractivity contribution is 7.14. The van der Waals surface area contributed by atoms with Crippen LogP contribution in [0.1, 0.15) is 52.7 Å². The Bertz CT molecular complexity index is 546. The lowest BCUT2D eigenvalue weighted by Gasteiger charge is -2.26. The number of carbonyl (C=O) groups excluding carboxylic acids is 2. The summed E-state index contributed by atoms with van der Waals surface area (Å²) in [6.07, 6.45) is 4.92. The predicted octanol–water partition coefficient (Wildman–Crippen LogP) is 2.67. The monoisotopic (exact) mass is 306 g/mol. The SMILES string of the molecule is CCC(=O)N1CCc2sc(C(=O)N3CCCCC3)cc2C1. The van der Waals surface area contributed by atoms with Crippen LogP contribution in [0.15, 0.2) is 6.07 Å². The number of nitrogens with zero attached hydrogens (tertiary/aromatic N) is 2. The van der Waals surface area contributed by atoms with E-state index >= 15 is 0 Å². The summed E-state index contributed by atoms with van der Waals surface area (Å²) in [5, 5.41) is 0. The van der Waals surface area contributed by atoms with Crippen LogP contribution < -0.4 is 0 Å². The molecule has 0 aliphatic carbocycles. The number of thiophene rings is 1. The van der Waals surface area contributed by atoms with Gasteiger partial charge in [-0.3, -0.25) is 9.59 Å². The lowest BCUT2D eigenvalue weighted by atomic mass is 10.1. The molecule has 1 fully saturated rings. The van der Waals surface area contributed by atoms with Crippen molar-refractivity contribution in [3.63, 3.8) is 0 Å². The van der Waals surface area contributed by atoms with Gasteiger partial charge in [-0.05, 0) is 37.3 Å². The summed E-state index contributed by atoms with van der Waals surface area (Å²) in [7, 11) is 0. The highest BCUT2D eigenvalue weighted by Gasteiger charge is 2.25. The number of hydrogen-bond acceptors (Lipinski definition) is 3. The summed E-state index contributed by atoms with van der Waals surface area (Å²) in [5.41, 5.74) is 1.17. The van der Waals surface area contributed by atoms with Crippen molar-refractivity contribution in [2.45, 2.75) is 45.6 Å². The van der Waals surface area contributed by atoms with Crippen molar-refractivity contribution in [2.75, 3.05) is 19.6 Å². The quantitative estimate of drug-likeness (QED) is 0.843. The molecule has 21 heavy (non-hydrogen) atoms. The van der Waals surface area contributed by atoms with E-state index in [2.05, 4.69) is 0 Å². The molecule has 0 N–H and O–H groups in total. The minimum Gasteiger partial charge on any atom is -0.338 e. The number of fused-ring (bicyclic) bond motifs is 1. The van der Waals surface area contributed by atoms with Crippen LogP contribution in [0.3, 0.4) is 0 Å². The van der Waals surface area contributed by atoms with Gasteiger partial charge in [-0.25, -0.2) is 0 Å². The largest absolute Gasteiger partial charge is 0.338 e. The molecule has 1 aromatic rings. The molecule has 1 aromatic heterocycles. The van der Waals surface area contributed by atoms with Crippen LogP contribution in [-0.2, 0) is 17.8 Å². The first-order chi connectivity index (χ1) is 10.2. The molecule has 0 saturated carbocycles. The van der Waals surface area contributed by atoms with Gasteiger partial charge in [-0.15, -0.1) is 11.3 Å². The second-order valence-electron chi connectivity index (χ2n) is 5.83. The normalized spacial score (nSPS) is 18.5. The van der Waals surface area contributed by atoms with E-state index in [1.807, 2.05) is 22.8 Å². The van der Waals surface area contributed by atoms with Crippen molar-refractivity contribution >= 4 is 23.2 Å². The van der Waals surface area contributed by atoms with Gasteiger partial charge in [0.05, 0.1) is 4.88 Å². The lowest BCUT2D eigenvalue weighted by molar-refractivity contribution is -0.131. The predicted molar refractivity (Wildman–Crippen MR) is 83.5 cm³/mol. The maximum atomic E-state index is 12.5. The number of piperidine rings is 1. The van der Waals surface area contributed by atoms with Gasteiger partial charge in [0, 0.05) is 37.5 Å². The van der Waals surface area contributed by atoms with Crippen molar-refractivity contribution in [3.8, 4) is 0 Å². The molecule has 5 heteroatoms. The summed E-state index contributed by atoms with van der Waals surface area (Å²) in [6.45, 7) is 5.14. The molecule has 0 radical (unpaired) electrons. The molecule has 2 amide bonds. The van der Waals surface area contributed by atoms with E-state index < -0.39 is 0 Å². The molecule has 3 rings (SSSR count). The highest BCUT2D eigenvalue weighted by atomic mass is 32.1. The van der Waals surface area contributed by atoms with Gasteiger partial charge in [-0.2, -0.15) is 0 Å². The highest BCUT2D eigenvalue weighted by Crippen LogP contribution is 2.29. The molecule has 2 aliphatic rings. The van der Waals surface area contributed by atoms with Gasteiger partial charge < -0.3 is 9.80 Å². The van der Waals surface area contributed by atoms with Gasteiger partial charge in [0.25, 0.3) is 5.91 Å². The molecule has 1 saturated heterocycles. The molecule has 114 valence electrons. The molecular formula is C16H22N2O2S. The van der Waals surface area contributed by atoms with Gasteiger partial charge in [0.2, 0.25) is 5.91 Å². The summed E-state index contributed by atoms with van der Waals surface area (Å²) in [5.74, 6) is 0.387. The fourth-order valence-electron chi connectivity index (χ4n) is 3.13. The fourth-order valence-corrected chi connectivity index (χ4v) is 4.26. The molecule has 4 nitrogen and oxygen atoms in total. The Hall–Kier alpha value is -1.36. The van der Waals surface area contributed by atoms with Gasteiger partial charge in [-0.1, -0.05) is 6.92 Å². The van der Waals surface area contributed by atoms with E-state index in [0.717, 1.165) is 43.8 Å². The molecule has 0 spiro atoms. The third-order valence-corrected chi connectivity index (χ3v) is 5.60. The van der Waals surface area contributed by atoms with E-state index in [-0.39, 0.29) is 11.8 Å². The molecule has 2 aliphatic heterocycles. The maximum absolute atomic E-state index is 12.5. The number of likely N-dealkylation sites (tertiary alicyclic amines) is 1. The molecule has 0 atom stereocenters. The fraction of sp³-hybridized carbons (Fsp3) is 0.625. The van der Waals surface area contributed by atoms with Crippen LogP contribution in [0.5, 0.6) is 0 Å². The summed E-state index contributed by atoms with van der Waals surface area (Å²) >= 11 is 1.63. The zero-order chi connectivity index (χ0) is 14.8. The second kappa shape index (κ2) is 6.18. The zero-order valence-electron chi connectivity index (χ0n) is 12.6. The maximum Gasteiger partial charge on any atom is 0.263 e. The molecular weight excluding hydrogens is 284 g/mol. The number of rotatable bonds is 2. The third kappa shape index (κ3) is 2.98. The van der Waals surface area contributed by atoms with E-state index in [9.17, 15) is 9.59 Å². The van der Waals surface area contributed by atoms with Crippen LogP contribution in [0.2, 0.25) is 0 Å². The molecule has 0 aromatic carbocycles. The number of hydrogen-bond donors (Lipinski definition) is 0. The first-order valence-electron chi connectivity index (χ1n) is 7.87. The van der Waals surface area contributed by atoms with E-state index in [1.165, 1.54) is 16.9 Å². The smallest absolute Gasteiger partial charge is 0.263 e. The van der Waals surface area contributed by atoms with Crippen LogP contribution in [-0.4, -0.2) is 41.2 Å². The lowest BCUT2D eigenvalue weighted by Crippen LogP contribution is -2.35. The van der Waals surface area contributed by atoms with Crippen LogP contribution in [0.4, 0.5) is 0 Å². The summed E-state index contributed by atoms with van der Waals surface area (Å²) < 4.78 is 0. The van der Waals surface area contributed by atoms with Crippen molar-refractivity contribution in [1.82, 2.24) is 9.80 Å². The third-order valence-electron chi connectivity index (χ3n) is 4.38. The Kier molecular flexibility index (Phi) is 4.29. The van der Waals surface area contributed by atoms with E-state index in [0.29, 0.717) is 13.0 Å². The van der Waals surface area contributed by atoms with Crippen molar-refractivity contribution in [3.05, 3.63) is 21.4 Å². The van der Waals surface area contributed by atoms with Crippen LogP contribution >= 0.6 is 11.3 Å². The summed E-state index contributed by atoms with van der Waals surface area (Å²) in [6, 6.07) is 2.02. The first-order valence-corrected chi connectivity index (χ1v) is 8.69. The Morgan fingerprint density at radius 1 is 1.14 bits per heavy atom. The zero-order valence-corrected chi connectivity index (χ0v) is 13.4.